The monoisotopic (exact) mass is 715 g/mol. The van der Waals surface area contributed by atoms with E-state index in [1.54, 1.807) is 0 Å². The molecule has 262 valence electrons. The number of nitrogens with zero attached hydrogens (tertiary/aromatic N) is 3. The minimum absolute atomic E-state index is 0.678. The van der Waals surface area contributed by atoms with Crippen LogP contribution in [-0.4, -0.2) is 14.5 Å². The van der Waals surface area contributed by atoms with Gasteiger partial charge in [-0.3, -0.25) is 0 Å². The van der Waals surface area contributed by atoms with Crippen LogP contribution in [0.2, 0.25) is 0 Å². The summed E-state index contributed by atoms with van der Waals surface area (Å²) in [6.45, 7) is 0. The molecule has 0 aliphatic rings. The summed E-state index contributed by atoms with van der Waals surface area (Å²) in [5.41, 5.74) is 14.4. The second-order valence-corrected chi connectivity index (χ2v) is 14.2. The lowest BCUT2D eigenvalue weighted by Gasteiger charge is -2.13. The van der Waals surface area contributed by atoms with Gasteiger partial charge in [0.15, 0.2) is 5.82 Å². The third kappa shape index (κ3) is 5.39. The van der Waals surface area contributed by atoms with Crippen molar-refractivity contribution in [2.24, 2.45) is 0 Å². The van der Waals surface area contributed by atoms with Crippen LogP contribution in [-0.2, 0) is 0 Å². The zero-order valence-electron chi connectivity index (χ0n) is 30.3. The predicted octanol–water partition coefficient (Wildman–Crippen LogP) is 13.8. The number of furan rings is 1. The van der Waals surface area contributed by atoms with Gasteiger partial charge in [-0.2, -0.15) is 0 Å². The lowest BCUT2D eigenvalue weighted by Crippen LogP contribution is -1.97. The Morgan fingerprint density at radius 2 is 0.893 bits per heavy atom. The van der Waals surface area contributed by atoms with Crippen LogP contribution in [0.4, 0.5) is 0 Å². The molecule has 0 saturated carbocycles. The van der Waals surface area contributed by atoms with E-state index in [0.717, 1.165) is 88.6 Å². The molecule has 0 saturated heterocycles. The van der Waals surface area contributed by atoms with E-state index in [1.807, 2.05) is 12.1 Å². The number of rotatable bonds is 6. The molecule has 3 aromatic heterocycles. The first-order chi connectivity index (χ1) is 27.7. The van der Waals surface area contributed by atoms with Crippen molar-refractivity contribution in [1.29, 1.82) is 0 Å². The Morgan fingerprint density at radius 3 is 1.59 bits per heavy atom. The summed E-state index contributed by atoms with van der Waals surface area (Å²) in [7, 11) is 0. The molecule has 0 unspecified atom stereocenters. The highest BCUT2D eigenvalue weighted by Gasteiger charge is 2.20. The third-order valence-electron chi connectivity index (χ3n) is 10.8. The van der Waals surface area contributed by atoms with Gasteiger partial charge < -0.3 is 8.98 Å². The van der Waals surface area contributed by atoms with Crippen LogP contribution in [0, 0.1) is 0 Å². The van der Waals surface area contributed by atoms with E-state index >= 15 is 0 Å². The van der Waals surface area contributed by atoms with Crippen LogP contribution in [0.5, 0.6) is 0 Å². The average Bonchev–Trinajstić information content (AvgIpc) is 3.82. The topological polar surface area (TPSA) is 43.9 Å². The Hall–Kier alpha value is -7.56. The highest BCUT2D eigenvalue weighted by molar-refractivity contribution is 6.15. The molecule has 0 amide bonds. The maximum absolute atomic E-state index is 6.21. The molecule has 8 aromatic carbocycles. The van der Waals surface area contributed by atoms with E-state index in [0.29, 0.717) is 5.82 Å². The number of hydrogen-bond donors (Lipinski definition) is 0. The Morgan fingerprint density at radius 1 is 0.357 bits per heavy atom. The molecular formula is C52H33N3O. The first kappa shape index (κ1) is 31.9. The van der Waals surface area contributed by atoms with Gasteiger partial charge in [0.05, 0.1) is 22.4 Å². The molecule has 4 heteroatoms. The SMILES string of the molecule is c1ccc(-c2cccc(-c3cc(-c4cccc(-c5ccccc5)c4)nc(-c4cccc5c4c4ccccc4n5-c4ccc5oc6ccccc6c5c4)n3)c2)cc1. The minimum Gasteiger partial charge on any atom is -0.456 e. The summed E-state index contributed by atoms with van der Waals surface area (Å²) in [4.78, 5) is 10.8. The minimum atomic E-state index is 0.678. The smallest absolute Gasteiger partial charge is 0.161 e. The molecule has 0 spiro atoms. The Kier molecular flexibility index (Phi) is 7.46. The van der Waals surface area contributed by atoms with E-state index in [9.17, 15) is 0 Å². The Labute approximate surface area is 323 Å². The van der Waals surface area contributed by atoms with E-state index in [2.05, 4.69) is 193 Å². The van der Waals surface area contributed by atoms with E-state index < -0.39 is 0 Å². The molecule has 0 radical (unpaired) electrons. The van der Waals surface area contributed by atoms with Crippen LogP contribution in [0.1, 0.15) is 0 Å². The molecule has 11 rings (SSSR count). The molecular weight excluding hydrogens is 683 g/mol. The van der Waals surface area contributed by atoms with Gasteiger partial charge >= 0.3 is 0 Å². The van der Waals surface area contributed by atoms with Crippen molar-refractivity contribution in [3.63, 3.8) is 0 Å². The number of fused-ring (bicyclic) bond motifs is 6. The Bertz CT molecular complexity index is 3150. The van der Waals surface area contributed by atoms with Gasteiger partial charge in [-0.25, -0.2) is 9.97 Å². The molecule has 3 heterocycles. The van der Waals surface area contributed by atoms with Gasteiger partial charge in [0, 0.05) is 43.9 Å². The molecule has 0 aliphatic carbocycles. The second kappa shape index (κ2) is 13.1. The van der Waals surface area contributed by atoms with Crippen molar-refractivity contribution in [1.82, 2.24) is 14.5 Å². The fourth-order valence-electron chi connectivity index (χ4n) is 8.18. The summed E-state index contributed by atoms with van der Waals surface area (Å²) in [6, 6.07) is 70.3. The first-order valence-electron chi connectivity index (χ1n) is 18.9. The molecule has 0 bridgehead atoms. The van der Waals surface area contributed by atoms with Crippen molar-refractivity contribution in [3.05, 3.63) is 200 Å². The van der Waals surface area contributed by atoms with Gasteiger partial charge in [0.25, 0.3) is 0 Å². The number of aromatic nitrogens is 3. The quantitative estimate of drug-likeness (QED) is 0.172. The normalized spacial score (nSPS) is 11.6. The van der Waals surface area contributed by atoms with Crippen molar-refractivity contribution in [3.8, 4) is 61.8 Å². The molecule has 0 aliphatic heterocycles. The number of para-hydroxylation sites is 2. The average molecular weight is 716 g/mol. The molecule has 0 fully saturated rings. The summed E-state index contributed by atoms with van der Waals surface area (Å²) in [5, 5.41) is 4.45. The maximum atomic E-state index is 6.21. The molecule has 11 aromatic rings. The largest absolute Gasteiger partial charge is 0.456 e. The van der Waals surface area contributed by atoms with Gasteiger partial charge in [0.2, 0.25) is 0 Å². The van der Waals surface area contributed by atoms with Crippen molar-refractivity contribution < 1.29 is 4.42 Å². The van der Waals surface area contributed by atoms with Crippen LogP contribution < -0.4 is 0 Å². The molecule has 56 heavy (non-hydrogen) atoms. The molecule has 4 nitrogen and oxygen atoms in total. The van der Waals surface area contributed by atoms with Gasteiger partial charge in [0.1, 0.15) is 11.2 Å². The zero-order chi connectivity index (χ0) is 37.0. The number of hydrogen-bond acceptors (Lipinski definition) is 3. The van der Waals surface area contributed by atoms with Crippen LogP contribution in [0.25, 0.3) is 106 Å². The van der Waals surface area contributed by atoms with Crippen molar-refractivity contribution >= 4 is 43.7 Å². The maximum Gasteiger partial charge on any atom is 0.161 e. The van der Waals surface area contributed by atoms with Crippen molar-refractivity contribution in [2.75, 3.05) is 0 Å². The van der Waals surface area contributed by atoms with Gasteiger partial charge in [-0.1, -0.05) is 146 Å². The van der Waals surface area contributed by atoms with E-state index in [1.165, 1.54) is 11.1 Å². The van der Waals surface area contributed by atoms with Crippen LogP contribution in [0.15, 0.2) is 205 Å². The van der Waals surface area contributed by atoms with Crippen molar-refractivity contribution in [2.45, 2.75) is 0 Å². The fraction of sp³-hybridized carbons (Fsp3) is 0. The predicted molar refractivity (Wildman–Crippen MR) is 231 cm³/mol. The Balaban J connectivity index is 1.14. The number of benzene rings is 8. The molecule has 0 N–H and O–H groups in total. The summed E-state index contributed by atoms with van der Waals surface area (Å²) < 4.78 is 8.57. The fourth-order valence-corrected chi connectivity index (χ4v) is 8.18. The van der Waals surface area contributed by atoms with E-state index in [-0.39, 0.29) is 0 Å². The zero-order valence-corrected chi connectivity index (χ0v) is 30.3. The lowest BCUT2D eigenvalue weighted by atomic mass is 9.99. The summed E-state index contributed by atoms with van der Waals surface area (Å²) >= 11 is 0. The molecule has 0 atom stereocenters. The highest BCUT2D eigenvalue weighted by atomic mass is 16.3. The summed E-state index contributed by atoms with van der Waals surface area (Å²) in [5.74, 6) is 0.678. The van der Waals surface area contributed by atoms with Gasteiger partial charge in [-0.15, -0.1) is 0 Å². The highest BCUT2D eigenvalue weighted by Crippen LogP contribution is 2.40. The first-order valence-corrected chi connectivity index (χ1v) is 18.9. The van der Waals surface area contributed by atoms with Crippen LogP contribution >= 0.6 is 0 Å². The second-order valence-electron chi connectivity index (χ2n) is 14.2. The van der Waals surface area contributed by atoms with Crippen LogP contribution in [0.3, 0.4) is 0 Å². The lowest BCUT2D eigenvalue weighted by molar-refractivity contribution is 0.669. The standard InChI is InChI=1S/C52H33N3O/c1-3-14-34(15-4-1)36-18-11-20-38(30-36)45-33-46(39-21-12-19-37(31-39)35-16-5-2-6-17-35)54-52(53-45)43-24-13-26-48-51(43)42-23-7-9-25-47(42)55(48)40-28-29-50-44(32-40)41-22-8-10-27-49(41)56-50/h1-33H. The summed E-state index contributed by atoms with van der Waals surface area (Å²) in [6.07, 6.45) is 0. The van der Waals surface area contributed by atoms with Gasteiger partial charge in [-0.05, 0) is 76.9 Å². The third-order valence-corrected chi connectivity index (χ3v) is 10.8. The van der Waals surface area contributed by atoms with E-state index in [4.69, 9.17) is 14.4 Å².